The Morgan fingerprint density at radius 2 is 1.87 bits per heavy atom. The SMILES string of the molecule is COC(=O)C(CNc1nc(C)nc(C)c1C)c1ccc(F)cc1. The lowest BCUT2D eigenvalue weighted by atomic mass is 9.99. The summed E-state index contributed by atoms with van der Waals surface area (Å²) >= 11 is 0. The summed E-state index contributed by atoms with van der Waals surface area (Å²) in [6.07, 6.45) is 0. The number of carbonyl (C=O) groups excluding carboxylic acids is 1. The first-order valence-corrected chi connectivity index (χ1v) is 7.31. The van der Waals surface area contributed by atoms with Crippen molar-refractivity contribution in [3.8, 4) is 0 Å². The van der Waals surface area contributed by atoms with Crippen molar-refractivity contribution in [2.45, 2.75) is 26.7 Å². The number of rotatable bonds is 5. The fourth-order valence-corrected chi connectivity index (χ4v) is 2.31. The Bertz CT molecular complexity index is 702. The number of esters is 1. The lowest BCUT2D eigenvalue weighted by molar-refractivity contribution is -0.142. The van der Waals surface area contributed by atoms with E-state index in [-0.39, 0.29) is 11.8 Å². The van der Waals surface area contributed by atoms with Gasteiger partial charge in [0.1, 0.15) is 17.5 Å². The summed E-state index contributed by atoms with van der Waals surface area (Å²) in [6, 6.07) is 5.83. The minimum atomic E-state index is -0.546. The third-order valence-corrected chi connectivity index (χ3v) is 3.73. The molecule has 1 heterocycles. The largest absolute Gasteiger partial charge is 0.468 e. The van der Waals surface area contributed by atoms with Crippen LogP contribution < -0.4 is 5.32 Å². The average Bonchev–Trinajstić information content (AvgIpc) is 2.53. The number of nitrogens with zero attached hydrogens (tertiary/aromatic N) is 2. The van der Waals surface area contributed by atoms with Crippen LogP contribution in [0.3, 0.4) is 0 Å². The number of aromatic nitrogens is 2. The van der Waals surface area contributed by atoms with Crippen molar-refractivity contribution in [1.82, 2.24) is 9.97 Å². The Kier molecular flexibility index (Phi) is 5.26. The molecule has 0 bridgehead atoms. The molecule has 0 saturated carbocycles. The Balaban J connectivity index is 2.22. The van der Waals surface area contributed by atoms with E-state index in [4.69, 9.17) is 4.74 Å². The van der Waals surface area contributed by atoms with E-state index in [1.54, 1.807) is 12.1 Å². The number of halogens is 1. The van der Waals surface area contributed by atoms with Crippen molar-refractivity contribution in [2.24, 2.45) is 0 Å². The molecule has 23 heavy (non-hydrogen) atoms. The normalized spacial score (nSPS) is 11.9. The summed E-state index contributed by atoms with van der Waals surface area (Å²) in [5, 5.41) is 3.18. The van der Waals surface area contributed by atoms with Crippen molar-refractivity contribution >= 4 is 11.8 Å². The van der Waals surface area contributed by atoms with Crippen molar-refractivity contribution in [1.29, 1.82) is 0 Å². The molecule has 1 atom stereocenters. The highest BCUT2D eigenvalue weighted by atomic mass is 19.1. The average molecular weight is 317 g/mol. The van der Waals surface area contributed by atoms with Gasteiger partial charge in [-0.25, -0.2) is 14.4 Å². The van der Waals surface area contributed by atoms with Crippen molar-refractivity contribution in [3.05, 3.63) is 52.7 Å². The van der Waals surface area contributed by atoms with Crippen molar-refractivity contribution < 1.29 is 13.9 Å². The molecular formula is C17H20FN3O2. The Morgan fingerprint density at radius 3 is 2.48 bits per heavy atom. The Morgan fingerprint density at radius 1 is 1.22 bits per heavy atom. The number of methoxy groups -OCH3 is 1. The van der Waals surface area contributed by atoms with Crippen LogP contribution in [-0.2, 0) is 9.53 Å². The smallest absolute Gasteiger partial charge is 0.314 e. The molecule has 1 N–H and O–H groups in total. The van der Waals surface area contributed by atoms with Crippen LogP contribution in [0, 0.1) is 26.6 Å². The molecule has 2 rings (SSSR count). The van der Waals surface area contributed by atoms with Gasteiger partial charge in [-0.15, -0.1) is 0 Å². The quantitative estimate of drug-likeness (QED) is 0.859. The van der Waals surface area contributed by atoms with Crippen LogP contribution in [-0.4, -0.2) is 29.6 Å². The first-order valence-electron chi connectivity index (χ1n) is 7.31. The zero-order valence-corrected chi connectivity index (χ0v) is 13.7. The van der Waals surface area contributed by atoms with E-state index < -0.39 is 5.92 Å². The molecule has 0 saturated heterocycles. The van der Waals surface area contributed by atoms with Gasteiger partial charge in [0.2, 0.25) is 0 Å². The van der Waals surface area contributed by atoms with E-state index in [0.29, 0.717) is 23.8 Å². The molecule has 2 aromatic rings. The van der Waals surface area contributed by atoms with Crippen LogP contribution in [0.25, 0.3) is 0 Å². The zero-order valence-electron chi connectivity index (χ0n) is 13.7. The molecule has 0 radical (unpaired) electrons. The van der Waals surface area contributed by atoms with Crippen LogP contribution in [0.4, 0.5) is 10.2 Å². The predicted molar refractivity (Wildman–Crippen MR) is 85.9 cm³/mol. The second-order valence-corrected chi connectivity index (χ2v) is 5.34. The third-order valence-electron chi connectivity index (χ3n) is 3.73. The topological polar surface area (TPSA) is 64.1 Å². The van der Waals surface area contributed by atoms with Gasteiger partial charge < -0.3 is 10.1 Å². The maximum absolute atomic E-state index is 13.1. The number of hydrogen-bond donors (Lipinski definition) is 1. The van der Waals surface area contributed by atoms with Crippen molar-refractivity contribution in [2.75, 3.05) is 19.0 Å². The minimum absolute atomic E-state index is 0.301. The first-order chi connectivity index (χ1) is 10.9. The molecule has 0 amide bonds. The van der Waals surface area contributed by atoms with E-state index in [1.807, 2.05) is 20.8 Å². The highest BCUT2D eigenvalue weighted by Crippen LogP contribution is 2.21. The zero-order chi connectivity index (χ0) is 17.0. The highest BCUT2D eigenvalue weighted by molar-refractivity contribution is 5.78. The molecule has 0 spiro atoms. The van der Waals surface area contributed by atoms with E-state index in [9.17, 15) is 9.18 Å². The van der Waals surface area contributed by atoms with E-state index in [2.05, 4.69) is 15.3 Å². The van der Waals surface area contributed by atoms with Gasteiger partial charge in [-0.2, -0.15) is 0 Å². The maximum Gasteiger partial charge on any atom is 0.314 e. The lowest BCUT2D eigenvalue weighted by Crippen LogP contribution is -2.23. The molecule has 0 aliphatic heterocycles. The first kappa shape index (κ1) is 16.9. The third kappa shape index (κ3) is 4.03. The second-order valence-electron chi connectivity index (χ2n) is 5.34. The van der Waals surface area contributed by atoms with Crippen LogP contribution in [0.5, 0.6) is 0 Å². The van der Waals surface area contributed by atoms with Gasteiger partial charge in [0.15, 0.2) is 0 Å². The van der Waals surface area contributed by atoms with Gasteiger partial charge in [0.05, 0.1) is 13.0 Å². The second kappa shape index (κ2) is 7.17. The highest BCUT2D eigenvalue weighted by Gasteiger charge is 2.22. The molecule has 5 nitrogen and oxygen atoms in total. The van der Waals surface area contributed by atoms with Crippen LogP contribution in [0.1, 0.15) is 28.6 Å². The monoisotopic (exact) mass is 317 g/mol. The van der Waals surface area contributed by atoms with E-state index in [1.165, 1.54) is 19.2 Å². The van der Waals surface area contributed by atoms with Gasteiger partial charge in [-0.3, -0.25) is 4.79 Å². The summed E-state index contributed by atoms with van der Waals surface area (Å²) in [5.41, 5.74) is 2.50. The van der Waals surface area contributed by atoms with Gasteiger partial charge in [0.25, 0.3) is 0 Å². The summed E-state index contributed by atoms with van der Waals surface area (Å²) in [5.74, 6) is 0.0704. The molecule has 0 aliphatic carbocycles. The van der Waals surface area contributed by atoms with E-state index in [0.717, 1.165) is 11.3 Å². The van der Waals surface area contributed by atoms with Crippen LogP contribution in [0.15, 0.2) is 24.3 Å². The van der Waals surface area contributed by atoms with Crippen LogP contribution >= 0.6 is 0 Å². The predicted octanol–water partition coefficient (Wildman–Crippen LogP) is 2.91. The summed E-state index contributed by atoms with van der Waals surface area (Å²) in [6.45, 7) is 5.94. The Labute approximate surface area is 134 Å². The van der Waals surface area contributed by atoms with Gasteiger partial charge in [-0.05, 0) is 38.5 Å². The fourth-order valence-electron chi connectivity index (χ4n) is 2.31. The minimum Gasteiger partial charge on any atom is -0.468 e. The molecule has 0 fully saturated rings. The standard InChI is InChI=1S/C17H20FN3O2/c1-10-11(2)20-12(3)21-16(10)19-9-15(17(22)23-4)13-5-7-14(18)8-6-13/h5-8,15H,9H2,1-4H3,(H,19,20,21). The number of anilines is 1. The number of nitrogens with one attached hydrogen (secondary N) is 1. The molecule has 122 valence electrons. The van der Waals surface area contributed by atoms with E-state index >= 15 is 0 Å². The summed E-state index contributed by atoms with van der Waals surface area (Å²) in [4.78, 5) is 20.7. The molecule has 0 aliphatic rings. The van der Waals surface area contributed by atoms with Gasteiger partial charge >= 0.3 is 5.97 Å². The van der Waals surface area contributed by atoms with Crippen molar-refractivity contribution in [3.63, 3.8) is 0 Å². The summed E-state index contributed by atoms with van der Waals surface area (Å²) < 4.78 is 17.9. The number of ether oxygens (including phenoxy) is 1. The molecule has 6 heteroatoms. The summed E-state index contributed by atoms with van der Waals surface area (Å²) in [7, 11) is 1.34. The molecular weight excluding hydrogens is 297 g/mol. The number of hydrogen-bond acceptors (Lipinski definition) is 5. The fraction of sp³-hybridized carbons (Fsp3) is 0.353. The van der Waals surface area contributed by atoms with Gasteiger partial charge in [0, 0.05) is 17.8 Å². The van der Waals surface area contributed by atoms with Gasteiger partial charge in [-0.1, -0.05) is 12.1 Å². The maximum atomic E-state index is 13.1. The number of aryl methyl sites for hydroxylation is 2. The lowest BCUT2D eigenvalue weighted by Gasteiger charge is -2.18. The molecule has 1 aromatic heterocycles. The van der Waals surface area contributed by atoms with Crippen LogP contribution in [0.2, 0.25) is 0 Å². The molecule has 1 unspecified atom stereocenters. The number of carbonyl (C=O) groups is 1. The number of benzene rings is 1. The Hall–Kier alpha value is -2.50. The molecule has 1 aromatic carbocycles.